The van der Waals surface area contributed by atoms with E-state index in [1.54, 1.807) is 7.11 Å². The van der Waals surface area contributed by atoms with Crippen LogP contribution in [0.1, 0.15) is 19.3 Å². The Labute approximate surface area is 156 Å². The van der Waals surface area contributed by atoms with E-state index in [2.05, 4.69) is 4.90 Å². The van der Waals surface area contributed by atoms with E-state index >= 15 is 0 Å². The van der Waals surface area contributed by atoms with Crippen LogP contribution in [0.25, 0.3) is 0 Å². The minimum absolute atomic E-state index is 0.0435. The number of nitrogens with zero attached hydrogens (tertiary/aromatic N) is 2. The van der Waals surface area contributed by atoms with Crippen LogP contribution in [0.4, 0.5) is 0 Å². The first-order valence-corrected chi connectivity index (χ1v) is 9.60. The Balaban J connectivity index is 1.42. The lowest BCUT2D eigenvalue weighted by atomic mass is 10.1. The molecule has 1 unspecified atom stereocenters. The fraction of sp³-hybridized carbons (Fsp3) is 0.650. The quantitative estimate of drug-likeness (QED) is 0.743. The van der Waals surface area contributed by atoms with E-state index in [1.165, 1.54) is 12.8 Å². The smallest absolute Gasteiger partial charge is 0.260 e. The minimum Gasteiger partial charge on any atom is -0.493 e. The molecule has 2 fully saturated rings. The molecule has 26 heavy (non-hydrogen) atoms. The van der Waals surface area contributed by atoms with Crippen molar-refractivity contribution in [2.24, 2.45) is 5.92 Å². The van der Waals surface area contributed by atoms with Gasteiger partial charge in [-0.1, -0.05) is 12.1 Å². The molecule has 2 aliphatic rings. The summed E-state index contributed by atoms with van der Waals surface area (Å²) in [5.74, 6) is 2.02. The molecule has 0 aliphatic carbocycles. The van der Waals surface area contributed by atoms with Crippen molar-refractivity contribution in [1.29, 1.82) is 0 Å². The molecule has 2 heterocycles. The molecule has 3 rings (SSSR count). The Hall–Kier alpha value is -1.79. The first-order chi connectivity index (χ1) is 12.8. The van der Waals surface area contributed by atoms with Gasteiger partial charge in [0.1, 0.15) is 0 Å². The number of ether oxygens (including phenoxy) is 3. The van der Waals surface area contributed by atoms with Crippen LogP contribution in [0.3, 0.4) is 0 Å². The molecule has 0 saturated carbocycles. The largest absolute Gasteiger partial charge is 0.493 e. The van der Waals surface area contributed by atoms with E-state index in [9.17, 15) is 4.79 Å². The summed E-state index contributed by atoms with van der Waals surface area (Å²) in [6.07, 6.45) is 3.41. The second-order valence-corrected chi connectivity index (χ2v) is 7.03. The molecule has 1 aromatic carbocycles. The molecule has 144 valence electrons. The Morgan fingerprint density at radius 3 is 2.81 bits per heavy atom. The summed E-state index contributed by atoms with van der Waals surface area (Å²) < 4.78 is 16.4. The third-order valence-corrected chi connectivity index (χ3v) is 5.24. The maximum Gasteiger partial charge on any atom is 0.260 e. The molecule has 0 spiro atoms. The van der Waals surface area contributed by atoms with Crippen molar-refractivity contribution in [1.82, 2.24) is 9.80 Å². The SMILES string of the molecule is COc1ccccc1OCC(=O)N1CCCN(CCC2CCOC2)CC1. The molecule has 2 saturated heterocycles. The summed E-state index contributed by atoms with van der Waals surface area (Å²) in [6, 6.07) is 7.41. The van der Waals surface area contributed by atoms with Crippen LogP contribution in [0.5, 0.6) is 11.5 Å². The van der Waals surface area contributed by atoms with Gasteiger partial charge in [-0.05, 0) is 50.4 Å². The van der Waals surface area contributed by atoms with Gasteiger partial charge in [0.2, 0.25) is 0 Å². The molecule has 6 heteroatoms. The lowest BCUT2D eigenvalue weighted by Crippen LogP contribution is -2.38. The predicted octanol–water partition coefficient (Wildman–Crippen LogP) is 2.03. The lowest BCUT2D eigenvalue weighted by molar-refractivity contribution is -0.133. The second-order valence-electron chi connectivity index (χ2n) is 7.03. The van der Waals surface area contributed by atoms with Crippen molar-refractivity contribution in [3.63, 3.8) is 0 Å². The Morgan fingerprint density at radius 2 is 2.04 bits per heavy atom. The van der Waals surface area contributed by atoms with Crippen molar-refractivity contribution >= 4 is 5.91 Å². The topological polar surface area (TPSA) is 51.2 Å². The molecule has 2 aliphatic heterocycles. The van der Waals surface area contributed by atoms with E-state index in [1.807, 2.05) is 29.2 Å². The van der Waals surface area contributed by atoms with Gasteiger partial charge in [0.15, 0.2) is 18.1 Å². The van der Waals surface area contributed by atoms with Gasteiger partial charge in [0.25, 0.3) is 5.91 Å². The first-order valence-electron chi connectivity index (χ1n) is 9.60. The van der Waals surface area contributed by atoms with Crippen LogP contribution in [-0.4, -0.2) is 75.4 Å². The van der Waals surface area contributed by atoms with E-state index in [0.29, 0.717) is 17.4 Å². The highest BCUT2D eigenvalue weighted by atomic mass is 16.5. The summed E-state index contributed by atoms with van der Waals surface area (Å²) in [5.41, 5.74) is 0. The normalized spacial score (nSPS) is 21.4. The predicted molar refractivity (Wildman–Crippen MR) is 99.7 cm³/mol. The van der Waals surface area contributed by atoms with Gasteiger partial charge in [-0.3, -0.25) is 4.79 Å². The van der Waals surface area contributed by atoms with Crippen molar-refractivity contribution in [2.45, 2.75) is 19.3 Å². The monoisotopic (exact) mass is 362 g/mol. The van der Waals surface area contributed by atoms with Crippen LogP contribution in [0.15, 0.2) is 24.3 Å². The number of hydrogen-bond acceptors (Lipinski definition) is 5. The van der Waals surface area contributed by atoms with Gasteiger partial charge in [-0.2, -0.15) is 0 Å². The summed E-state index contributed by atoms with van der Waals surface area (Å²) >= 11 is 0. The molecular formula is C20H30N2O4. The first kappa shape index (κ1) is 19.0. The zero-order chi connectivity index (χ0) is 18.2. The fourth-order valence-electron chi connectivity index (χ4n) is 3.59. The summed E-state index contributed by atoms with van der Waals surface area (Å²) in [6.45, 7) is 6.57. The number of benzene rings is 1. The number of para-hydroxylation sites is 2. The number of methoxy groups -OCH3 is 1. The molecule has 6 nitrogen and oxygen atoms in total. The zero-order valence-corrected chi connectivity index (χ0v) is 15.7. The average molecular weight is 362 g/mol. The maximum absolute atomic E-state index is 12.5. The molecule has 1 aromatic rings. The highest BCUT2D eigenvalue weighted by Crippen LogP contribution is 2.25. The molecule has 0 radical (unpaired) electrons. The number of carbonyl (C=O) groups excluding carboxylic acids is 1. The van der Waals surface area contributed by atoms with E-state index in [-0.39, 0.29) is 12.5 Å². The van der Waals surface area contributed by atoms with Gasteiger partial charge in [-0.15, -0.1) is 0 Å². The third kappa shape index (κ3) is 5.35. The van der Waals surface area contributed by atoms with Crippen LogP contribution >= 0.6 is 0 Å². The number of carbonyl (C=O) groups is 1. The molecule has 1 amide bonds. The molecule has 0 aromatic heterocycles. The number of hydrogen-bond donors (Lipinski definition) is 0. The fourth-order valence-corrected chi connectivity index (χ4v) is 3.59. The Morgan fingerprint density at radius 1 is 1.19 bits per heavy atom. The highest BCUT2D eigenvalue weighted by Gasteiger charge is 2.21. The molecule has 0 bridgehead atoms. The van der Waals surface area contributed by atoms with E-state index in [0.717, 1.165) is 52.4 Å². The number of rotatable bonds is 7. The molecular weight excluding hydrogens is 332 g/mol. The minimum atomic E-state index is 0.0435. The van der Waals surface area contributed by atoms with E-state index < -0.39 is 0 Å². The van der Waals surface area contributed by atoms with Crippen LogP contribution in [-0.2, 0) is 9.53 Å². The zero-order valence-electron chi connectivity index (χ0n) is 15.7. The summed E-state index contributed by atoms with van der Waals surface area (Å²) in [5, 5.41) is 0. The maximum atomic E-state index is 12.5. The van der Waals surface area contributed by atoms with Crippen molar-refractivity contribution in [2.75, 3.05) is 59.7 Å². The van der Waals surface area contributed by atoms with Crippen molar-refractivity contribution < 1.29 is 19.0 Å². The summed E-state index contributed by atoms with van der Waals surface area (Å²) in [4.78, 5) is 16.9. The van der Waals surface area contributed by atoms with Crippen LogP contribution in [0, 0.1) is 5.92 Å². The Bertz CT molecular complexity index is 575. The van der Waals surface area contributed by atoms with Crippen molar-refractivity contribution in [3.8, 4) is 11.5 Å². The highest BCUT2D eigenvalue weighted by molar-refractivity contribution is 5.77. The van der Waals surface area contributed by atoms with Gasteiger partial charge < -0.3 is 24.0 Å². The van der Waals surface area contributed by atoms with Gasteiger partial charge in [0.05, 0.1) is 7.11 Å². The molecule has 0 N–H and O–H groups in total. The summed E-state index contributed by atoms with van der Waals surface area (Å²) in [7, 11) is 1.60. The van der Waals surface area contributed by atoms with Gasteiger partial charge in [0, 0.05) is 32.8 Å². The molecule has 1 atom stereocenters. The van der Waals surface area contributed by atoms with E-state index in [4.69, 9.17) is 14.2 Å². The standard InChI is InChI=1S/C20H30N2O4/c1-24-18-5-2-3-6-19(18)26-16-20(23)22-10-4-9-21(12-13-22)11-7-17-8-14-25-15-17/h2-3,5-6,17H,4,7-16H2,1H3. The van der Waals surface area contributed by atoms with Gasteiger partial charge in [-0.25, -0.2) is 0 Å². The average Bonchev–Trinajstić information content (AvgIpc) is 3.08. The van der Waals surface area contributed by atoms with Crippen LogP contribution < -0.4 is 9.47 Å². The second kappa shape index (κ2) is 9.78. The number of amides is 1. The van der Waals surface area contributed by atoms with Crippen molar-refractivity contribution in [3.05, 3.63) is 24.3 Å². The third-order valence-electron chi connectivity index (χ3n) is 5.24. The lowest BCUT2D eigenvalue weighted by Gasteiger charge is -2.23. The van der Waals surface area contributed by atoms with Crippen LogP contribution in [0.2, 0.25) is 0 Å². The Kier molecular flexibility index (Phi) is 7.14. The van der Waals surface area contributed by atoms with Gasteiger partial charge >= 0.3 is 0 Å².